The number of hydrogen-bond donors (Lipinski definition) is 3. The molecule has 0 unspecified atom stereocenters. The molecule has 0 aromatic heterocycles. The zero-order valence-electron chi connectivity index (χ0n) is 11.4. The molecule has 17 heavy (non-hydrogen) atoms. The molecule has 1 saturated heterocycles. The van der Waals surface area contributed by atoms with Gasteiger partial charge in [0.05, 0.1) is 0 Å². The van der Waals surface area contributed by atoms with Gasteiger partial charge in [-0.1, -0.05) is 13.3 Å². The Balaban J connectivity index is 2.41. The van der Waals surface area contributed by atoms with E-state index in [4.69, 9.17) is 0 Å². The molecule has 0 radical (unpaired) electrons. The van der Waals surface area contributed by atoms with Crippen molar-refractivity contribution in [2.75, 3.05) is 19.6 Å². The summed E-state index contributed by atoms with van der Waals surface area (Å²) in [5.74, 6) is 0. The average Bonchev–Trinajstić information content (AvgIpc) is 2.27. The third-order valence-electron chi connectivity index (χ3n) is 3.49. The molecule has 0 aliphatic carbocycles. The number of amides is 2. The van der Waals surface area contributed by atoms with E-state index in [2.05, 4.69) is 22.9 Å². The third-order valence-corrected chi connectivity index (χ3v) is 3.49. The minimum absolute atomic E-state index is 0.0333. The van der Waals surface area contributed by atoms with Crippen LogP contribution in [0.1, 0.15) is 46.5 Å². The maximum atomic E-state index is 11.6. The fourth-order valence-corrected chi connectivity index (χ4v) is 2.58. The summed E-state index contributed by atoms with van der Waals surface area (Å²) in [6, 6.07) is 0.166. The minimum atomic E-state index is -0.0333. The Bertz CT molecular complexity index is 229. The number of nitrogens with one attached hydrogen (secondary N) is 3. The highest BCUT2D eigenvalue weighted by molar-refractivity contribution is 5.74. The van der Waals surface area contributed by atoms with Crippen LogP contribution >= 0.6 is 0 Å². The van der Waals surface area contributed by atoms with E-state index in [0.717, 1.165) is 19.6 Å². The van der Waals surface area contributed by atoms with E-state index >= 15 is 0 Å². The highest BCUT2D eigenvalue weighted by atomic mass is 16.2. The first-order chi connectivity index (χ1) is 8.08. The predicted molar refractivity (Wildman–Crippen MR) is 71.1 cm³/mol. The number of rotatable bonds is 5. The van der Waals surface area contributed by atoms with Gasteiger partial charge >= 0.3 is 6.03 Å². The van der Waals surface area contributed by atoms with Gasteiger partial charge in [-0.15, -0.1) is 0 Å². The third kappa shape index (κ3) is 4.94. The van der Waals surface area contributed by atoms with E-state index in [0.29, 0.717) is 5.41 Å². The zero-order valence-corrected chi connectivity index (χ0v) is 11.4. The Morgan fingerprint density at radius 3 is 2.53 bits per heavy atom. The lowest BCUT2D eigenvalue weighted by Crippen LogP contribution is -2.48. The van der Waals surface area contributed by atoms with Crippen LogP contribution in [0.15, 0.2) is 0 Å². The van der Waals surface area contributed by atoms with Crippen LogP contribution in [0, 0.1) is 5.41 Å². The summed E-state index contributed by atoms with van der Waals surface area (Å²) in [6.45, 7) is 9.14. The van der Waals surface area contributed by atoms with Crippen molar-refractivity contribution in [1.29, 1.82) is 0 Å². The molecule has 4 nitrogen and oxygen atoms in total. The van der Waals surface area contributed by atoms with Crippen molar-refractivity contribution >= 4 is 6.03 Å². The van der Waals surface area contributed by atoms with Gasteiger partial charge < -0.3 is 16.0 Å². The highest BCUT2D eigenvalue weighted by Crippen LogP contribution is 2.33. The van der Waals surface area contributed by atoms with Crippen LogP contribution in [0.25, 0.3) is 0 Å². The van der Waals surface area contributed by atoms with Crippen LogP contribution in [-0.2, 0) is 0 Å². The van der Waals surface area contributed by atoms with Gasteiger partial charge in [0.25, 0.3) is 0 Å². The Kier molecular flexibility index (Phi) is 5.75. The Morgan fingerprint density at radius 1 is 1.35 bits per heavy atom. The topological polar surface area (TPSA) is 53.2 Å². The van der Waals surface area contributed by atoms with Crippen molar-refractivity contribution in [3.8, 4) is 0 Å². The monoisotopic (exact) mass is 241 g/mol. The second-order valence-electron chi connectivity index (χ2n) is 5.48. The lowest BCUT2D eigenvalue weighted by atomic mass is 9.75. The van der Waals surface area contributed by atoms with Crippen molar-refractivity contribution in [3.05, 3.63) is 0 Å². The SMILES string of the molecule is CCCC1(CNC(=O)NC(C)C)CCNCC1. The van der Waals surface area contributed by atoms with Crippen molar-refractivity contribution in [1.82, 2.24) is 16.0 Å². The molecule has 1 aliphatic heterocycles. The normalized spacial score (nSPS) is 19.1. The number of urea groups is 1. The first-order valence-electron chi connectivity index (χ1n) is 6.83. The van der Waals surface area contributed by atoms with E-state index in [9.17, 15) is 4.79 Å². The molecule has 1 fully saturated rings. The Labute approximate surface area is 105 Å². The van der Waals surface area contributed by atoms with Crippen LogP contribution in [0.5, 0.6) is 0 Å². The van der Waals surface area contributed by atoms with Gasteiger partial charge in [-0.2, -0.15) is 0 Å². The highest BCUT2D eigenvalue weighted by Gasteiger charge is 2.31. The van der Waals surface area contributed by atoms with E-state index in [1.807, 2.05) is 13.8 Å². The van der Waals surface area contributed by atoms with Gasteiger partial charge in [0.15, 0.2) is 0 Å². The maximum Gasteiger partial charge on any atom is 0.315 e. The molecule has 0 saturated carbocycles. The van der Waals surface area contributed by atoms with Gasteiger partial charge in [0.1, 0.15) is 0 Å². The first kappa shape index (κ1) is 14.3. The summed E-state index contributed by atoms with van der Waals surface area (Å²) in [7, 11) is 0. The molecule has 0 atom stereocenters. The molecule has 4 heteroatoms. The molecular formula is C13H27N3O. The number of carbonyl (C=O) groups is 1. The van der Waals surface area contributed by atoms with E-state index in [1.54, 1.807) is 0 Å². The van der Waals surface area contributed by atoms with Crippen LogP contribution in [0.2, 0.25) is 0 Å². The second-order valence-corrected chi connectivity index (χ2v) is 5.48. The molecule has 3 N–H and O–H groups in total. The molecule has 1 rings (SSSR count). The molecule has 100 valence electrons. The van der Waals surface area contributed by atoms with Gasteiger partial charge in [-0.3, -0.25) is 0 Å². The zero-order chi connectivity index (χ0) is 12.7. The van der Waals surface area contributed by atoms with Crippen LogP contribution in [0.4, 0.5) is 4.79 Å². The molecular weight excluding hydrogens is 214 g/mol. The number of carbonyl (C=O) groups excluding carboxylic acids is 1. The maximum absolute atomic E-state index is 11.6. The first-order valence-corrected chi connectivity index (χ1v) is 6.83. The molecule has 0 spiro atoms. The minimum Gasteiger partial charge on any atom is -0.338 e. The molecule has 0 bridgehead atoms. The van der Waals surface area contributed by atoms with Crippen LogP contribution in [0.3, 0.4) is 0 Å². The van der Waals surface area contributed by atoms with Gasteiger partial charge in [-0.25, -0.2) is 4.79 Å². The summed E-state index contributed by atoms with van der Waals surface area (Å²) >= 11 is 0. The lowest BCUT2D eigenvalue weighted by molar-refractivity contribution is 0.173. The van der Waals surface area contributed by atoms with E-state index in [-0.39, 0.29) is 12.1 Å². The summed E-state index contributed by atoms with van der Waals surface area (Å²) in [5, 5.41) is 9.30. The second kappa shape index (κ2) is 6.84. The summed E-state index contributed by atoms with van der Waals surface area (Å²) in [4.78, 5) is 11.6. The molecule has 0 aromatic rings. The molecule has 1 aliphatic rings. The van der Waals surface area contributed by atoms with Gasteiger partial charge in [-0.05, 0) is 51.6 Å². The Morgan fingerprint density at radius 2 is 2.00 bits per heavy atom. The summed E-state index contributed by atoms with van der Waals surface area (Å²) in [5.41, 5.74) is 0.314. The fraction of sp³-hybridized carbons (Fsp3) is 0.923. The van der Waals surface area contributed by atoms with Crippen LogP contribution < -0.4 is 16.0 Å². The molecule has 0 aromatic carbocycles. The number of hydrogen-bond acceptors (Lipinski definition) is 2. The number of piperidine rings is 1. The average molecular weight is 241 g/mol. The lowest BCUT2D eigenvalue weighted by Gasteiger charge is -2.37. The van der Waals surface area contributed by atoms with E-state index < -0.39 is 0 Å². The summed E-state index contributed by atoms with van der Waals surface area (Å²) < 4.78 is 0. The van der Waals surface area contributed by atoms with Gasteiger partial charge in [0, 0.05) is 12.6 Å². The van der Waals surface area contributed by atoms with Crippen molar-refractivity contribution < 1.29 is 4.79 Å². The molecule has 1 heterocycles. The standard InChI is InChI=1S/C13H27N3O/c1-4-5-13(6-8-14-9-7-13)10-15-12(17)16-11(2)3/h11,14H,4-10H2,1-3H3,(H2,15,16,17). The predicted octanol–water partition coefficient (Wildman–Crippen LogP) is 1.86. The summed E-state index contributed by atoms with van der Waals surface area (Å²) in [6.07, 6.45) is 4.73. The van der Waals surface area contributed by atoms with Crippen molar-refractivity contribution in [2.45, 2.75) is 52.5 Å². The fourth-order valence-electron chi connectivity index (χ4n) is 2.58. The smallest absolute Gasteiger partial charge is 0.315 e. The molecule has 2 amide bonds. The van der Waals surface area contributed by atoms with Crippen LogP contribution in [-0.4, -0.2) is 31.7 Å². The largest absolute Gasteiger partial charge is 0.338 e. The van der Waals surface area contributed by atoms with Gasteiger partial charge in [0.2, 0.25) is 0 Å². The van der Waals surface area contributed by atoms with Crippen molar-refractivity contribution in [3.63, 3.8) is 0 Å². The Hall–Kier alpha value is -0.770. The van der Waals surface area contributed by atoms with Crippen molar-refractivity contribution in [2.24, 2.45) is 5.41 Å². The van der Waals surface area contributed by atoms with E-state index in [1.165, 1.54) is 25.7 Å². The quantitative estimate of drug-likeness (QED) is 0.688.